The number of sulfonamides is 1. The van der Waals surface area contributed by atoms with Crippen molar-refractivity contribution in [3.8, 4) is 11.5 Å². The van der Waals surface area contributed by atoms with Crippen LogP contribution in [0, 0.1) is 0 Å². The molecule has 0 fully saturated rings. The summed E-state index contributed by atoms with van der Waals surface area (Å²) in [5, 5.41) is 3.24. The van der Waals surface area contributed by atoms with Crippen molar-refractivity contribution in [2.75, 3.05) is 24.2 Å². The van der Waals surface area contributed by atoms with Gasteiger partial charge in [0, 0.05) is 13.6 Å². The molecule has 1 unspecified atom stereocenters. The Morgan fingerprint density at radius 3 is 2.13 bits per heavy atom. The Morgan fingerprint density at radius 2 is 1.58 bits per heavy atom. The third kappa shape index (κ3) is 7.63. The number of para-hydroxylation sites is 1. The number of ether oxygens (including phenoxy) is 1. The van der Waals surface area contributed by atoms with Crippen LogP contribution in [0.2, 0.25) is 10.0 Å². The highest BCUT2D eigenvalue weighted by Gasteiger charge is 2.31. The van der Waals surface area contributed by atoms with E-state index in [0.717, 1.165) is 10.6 Å². The number of benzene rings is 3. The van der Waals surface area contributed by atoms with Gasteiger partial charge in [-0.3, -0.25) is 13.9 Å². The summed E-state index contributed by atoms with van der Waals surface area (Å²) in [7, 11) is -2.37. The molecule has 3 aromatic rings. The zero-order valence-corrected chi connectivity index (χ0v) is 23.6. The molecule has 8 nitrogen and oxygen atoms in total. The lowest BCUT2D eigenvalue weighted by molar-refractivity contribution is -0.140. The monoisotopic (exact) mass is 577 g/mol. The summed E-state index contributed by atoms with van der Waals surface area (Å²) in [4.78, 5) is 27.6. The molecule has 0 radical (unpaired) electrons. The summed E-state index contributed by atoms with van der Waals surface area (Å²) in [5.74, 6) is 0.218. The smallest absolute Gasteiger partial charge is 0.244 e. The number of nitrogens with one attached hydrogen (secondary N) is 1. The maximum atomic E-state index is 13.6. The minimum Gasteiger partial charge on any atom is -0.457 e. The normalized spacial score (nSPS) is 11.9. The topological polar surface area (TPSA) is 96.0 Å². The molecular weight excluding hydrogens is 549 g/mol. The van der Waals surface area contributed by atoms with Crippen LogP contribution in [0.3, 0.4) is 0 Å². The lowest BCUT2D eigenvalue weighted by atomic mass is 10.1. The van der Waals surface area contributed by atoms with E-state index in [0.29, 0.717) is 33.5 Å². The van der Waals surface area contributed by atoms with E-state index in [2.05, 4.69) is 5.32 Å². The second-order valence-corrected chi connectivity index (χ2v) is 11.2. The Hall–Kier alpha value is -3.27. The molecule has 0 aromatic heterocycles. The van der Waals surface area contributed by atoms with Crippen molar-refractivity contribution >= 4 is 50.7 Å². The van der Waals surface area contributed by atoms with Crippen LogP contribution in [0.25, 0.3) is 0 Å². The van der Waals surface area contributed by atoms with Gasteiger partial charge in [0.25, 0.3) is 0 Å². The molecule has 0 bridgehead atoms. The van der Waals surface area contributed by atoms with Crippen LogP contribution >= 0.6 is 23.2 Å². The molecular formula is C27H29Cl2N3O5S. The Kier molecular flexibility index (Phi) is 10.0. The molecule has 3 rings (SSSR count). The van der Waals surface area contributed by atoms with Gasteiger partial charge in [0.05, 0.1) is 22.0 Å². The van der Waals surface area contributed by atoms with E-state index >= 15 is 0 Å². The third-order valence-corrected chi connectivity index (χ3v) is 7.63. The Balaban J connectivity index is 1.89. The average molecular weight is 579 g/mol. The molecule has 2 amide bonds. The number of carbonyl (C=O) groups excluding carboxylic acids is 2. The summed E-state index contributed by atoms with van der Waals surface area (Å²) in [6, 6.07) is 19.6. The van der Waals surface area contributed by atoms with Gasteiger partial charge >= 0.3 is 0 Å². The van der Waals surface area contributed by atoms with Crippen molar-refractivity contribution in [2.24, 2.45) is 0 Å². The molecule has 1 atom stereocenters. The zero-order valence-electron chi connectivity index (χ0n) is 21.2. The predicted molar refractivity (Wildman–Crippen MR) is 150 cm³/mol. The van der Waals surface area contributed by atoms with Crippen LogP contribution in [-0.4, -0.2) is 51.0 Å². The lowest BCUT2D eigenvalue weighted by Gasteiger charge is -2.32. The Bertz CT molecular complexity index is 1370. The summed E-state index contributed by atoms with van der Waals surface area (Å²) < 4.78 is 32.3. The van der Waals surface area contributed by atoms with Gasteiger partial charge in [-0.2, -0.15) is 0 Å². The SMILES string of the molecule is CCC(C(=O)NC)N(Cc1ccc(Cl)c(Cl)c1)C(=O)CN(c1ccc(Oc2ccccc2)cc1)S(C)(=O)=O. The van der Waals surface area contributed by atoms with Gasteiger partial charge in [0.2, 0.25) is 21.8 Å². The van der Waals surface area contributed by atoms with Gasteiger partial charge in [-0.15, -0.1) is 0 Å². The summed E-state index contributed by atoms with van der Waals surface area (Å²) in [5.41, 5.74) is 0.923. The van der Waals surface area contributed by atoms with Crippen LogP contribution < -0.4 is 14.4 Å². The number of amides is 2. The van der Waals surface area contributed by atoms with Gasteiger partial charge in [-0.25, -0.2) is 8.42 Å². The van der Waals surface area contributed by atoms with Crippen molar-refractivity contribution in [1.29, 1.82) is 0 Å². The molecule has 11 heteroatoms. The fourth-order valence-corrected chi connectivity index (χ4v) is 5.01. The molecule has 0 saturated heterocycles. The van der Waals surface area contributed by atoms with Crippen LogP contribution in [0.4, 0.5) is 5.69 Å². The summed E-state index contributed by atoms with van der Waals surface area (Å²) in [6.07, 6.45) is 1.34. The molecule has 0 aliphatic carbocycles. The molecule has 0 spiro atoms. The van der Waals surface area contributed by atoms with Gasteiger partial charge in [0.15, 0.2) is 0 Å². The minimum absolute atomic E-state index is 0.0309. The van der Waals surface area contributed by atoms with E-state index in [1.807, 2.05) is 18.2 Å². The van der Waals surface area contributed by atoms with E-state index in [1.54, 1.807) is 61.5 Å². The number of rotatable bonds is 11. The van der Waals surface area contributed by atoms with E-state index in [9.17, 15) is 18.0 Å². The number of hydrogen-bond donors (Lipinski definition) is 1. The highest BCUT2D eigenvalue weighted by Crippen LogP contribution is 2.27. The second-order valence-electron chi connectivity index (χ2n) is 8.49. The maximum Gasteiger partial charge on any atom is 0.244 e. The van der Waals surface area contributed by atoms with Gasteiger partial charge < -0.3 is 15.0 Å². The highest BCUT2D eigenvalue weighted by atomic mass is 35.5. The van der Waals surface area contributed by atoms with Gasteiger partial charge in [-0.05, 0) is 60.5 Å². The zero-order chi connectivity index (χ0) is 27.9. The van der Waals surface area contributed by atoms with Crippen LogP contribution in [0.1, 0.15) is 18.9 Å². The number of likely N-dealkylation sites (N-methyl/N-ethyl adjacent to an activating group) is 1. The number of halogens is 2. The predicted octanol–water partition coefficient (Wildman–Crippen LogP) is 5.11. The third-order valence-electron chi connectivity index (χ3n) is 5.75. The molecule has 3 aromatic carbocycles. The average Bonchev–Trinajstić information content (AvgIpc) is 2.89. The van der Waals surface area contributed by atoms with E-state index in [4.69, 9.17) is 27.9 Å². The van der Waals surface area contributed by atoms with Crippen LogP contribution in [0.15, 0.2) is 72.8 Å². The first kappa shape index (κ1) is 29.3. The highest BCUT2D eigenvalue weighted by molar-refractivity contribution is 7.92. The van der Waals surface area contributed by atoms with E-state index < -0.39 is 28.5 Å². The molecule has 202 valence electrons. The standard InChI is InChI=1S/C27H29Cl2N3O5S/c1-4-25(27(34)30-2)31(17-19-10-15-23(28)24(29)16-19)26(33)18-32(38(3,35)36)20-11-13-22(14-12-20)37-21-8-6-5-7-9-21/h5-16,25H,4,17-18H2,1-3H3,(H,30,34). The largest absolute Gasteiger partial charge is 0.457 e. The lowest BCUT2D eigenvalue weighted by Crippen LogP contribution is -2.51. The quantitative estimate of drug-likeness (QED) is 0.342. The Morgan fingerprint density at radius 1 is 0.947 bits per heavy atom. The first-order valence-electron chi connectivity index (χ1n) is 11.8. The number of nitrogens with zero attached hydrogens (tertiary/aromatic N) is 2. The molecule has 0 saturated carbocycles. The summed E-state index contributed by atoms with van der Waals surface area (Å²) in [6.45, 7) is 1.30. The van der Waals surface area contributed by atoms with Crippen LogP contribution in [0.5, 0.6) is 11.5 Å². The Labute approximate surface area is 233 Å². The number of carbonyl (C=O) groups is 2. The fourth-order valence-electron chi connectivity index (χ4n) is 3.84. The molecule has 38 heavy (non-hydrogen) atoms. The molecule has 0 aliphatic heterocycles. The van der Waals surface area contributed by atoms with Gasteiger partial charge in [0.1, 0.15) is 24.1 Å². The van der Waals surface area contributed by atoms with Gasteiger partial charge in [-0.1, -0.05) is 54.4 Å². The number of hydrogen-bond acceptors (Lipinski definition) is 5. The minimum atomic E-state index is -3.86. The van der Waals surface area contributed by atoms with Crippen molar-refractivity contribution in [3.05, 3.63) is 88.4 Å². The van der Waals surface area contributed by atoms with Crippen molar-refractivity contribution in [2.45, 2.75) is 25.9 Å². The first-order chi connectivity index (χ1) is 18.0. The molecule has 1 N–H and O–H groups in total. The maximum absolute atomic E-state index is 13.6. The van der Waals surface area contributed by atoms with Crippen molar-refractivity contribution in [3.63, 3.8) is 0 Å². The van der Waals surface area contributed by atoms with E-state index in [1.165, 1.54) is 11.9 Å². The second kappa shape index (κ2) is 13.0. The first-order valence-corrected chi connectivity index (χ1v) is 14.4. The fraction of sp³-hybridized carbons (Fsp3) is 0.259. The number of anilines is 1. The molecule has 0 aliphatic rings. The van der Waals surface area contributed by atoms with E-state index in [-0.39, 0.29) is 18.1 Å². The van der Waals surface area contributed by atoms with Crippen molar-refractivity contribution < 1.29 is 22.7 Å². The van der Waals surface area contributed by atoms with Crippen LogP contribution in [-0.2, 0) is 26.2 Å². The molecule has 0 heterocycles. The summed E-state index contributed by atoms with van der Waals surface area (Å²) >= 11 is 12.2. The van der Waals surface area contributed by atoms with Crippen molar-refractivity contribution in [1.82, 2.24) is 10.2 Å².